The summed E-state index contributed by atoms with van der Waals surface area (Å²) in [6, 6.07) is 14.7. The molecule has 1 aliphatic carbocycles. The zero-order valence-electron chi connectivity index (χ0n) is 20.2. The zero-order valence-corrected chi connectivity index (χ0v) is 21.7. The van der Waals surface area contributed by atoms with Gasteiger partial charge in [0.05, 0.1) is 21.6 Å². The third kappa shape index (κ3) is 6.36. The molecule has 2 fully saturated rings. The Hall–Kier alpha value is -2.13. The fraction of sp³-hybridized carbons (Fsp3) is 0.500. The number of halogens is 1. The molecule has 0 aromatic heterocycles. The molecule has 7 nitrogen and oxygen atoms in total. The summed E-state index contributed by atoms with van der Waals surface area (Å²) in [5, 5.41) is 7.08. The first-order valence-electron chi connectivity index (χ1n) is 12.5. The molecule has 1 aliphatic heterocycles. The van der Waals surface area contributed by atoms with Gasteiger partial charge < -0.3 is 15.5 Å². The Morgan fingerprint density at radius 1 is 1.11 bits per heavy atom. The molecule has 1 amide bonds. The largest absolute Gasteiger partial charge is 0.384 e. The number of carbonyl (C=O) groups excluding carboxylic acids is 1. The number of rotatable bonds is 8. The van der Waals surface area contributed by atoms with Crippen LogP contribution in [0.25, 0.3) is 0 Å². The number of hydrogen-bond donors (Lipinski definition) is 3. The second-order valence-corrected chi connectivity index (χ2v) is 11.5. The summed E-state index contributed by atoms with van der Waals surface area (Å²) in [4.78, 5) is 15.7. The lowest BCUT2D eigenvalue weighted by molar-refractivity contribution is -0.140. The minimum Gasteiger partial charge on any atom is -0.384 e. The van der Waals surface area contributed by atoms with Gasteiger partial charge >= 0.3 is 0 Å². The predicted molar refractivity (Wildman–Crippen MR) is 140 cm³/mol. The molecule has 35 heavy (non-hydrogen) atoms. The summed E-state index contributed by atoms with van der Waals surface area (Å²) in [5.41, 5.74) is 1.76. The molecule has 190 valence electrons. The first-order valence-corrected chi connectivity index (χ1v) is 14.4. The van der Waals surface area contributed by atoms with Crippen LogP contribution in [-0.4, -0.2) is 51.4 Å². The van der Waals surface area contributed by atoms with Crippen LogP contribution in [0.2, 0.25) is 5.02 Å². The van der Waals surface area contributed by atoms with Crippen molar-refractivity contribution in [2.24, 2.45) is 5.92 Å². The van der Waals surface area contributed by atoms with E-state index in [9.17, 15) is 13.2 Å². The summed E-state index contributed by atoms with van der Waals surface area (Å²) in [7, 11) is -3.68. The minimum absolute atomic E-state index is 0.0362. The molecule has 2 aromatic carbocycles. The topological polar surface area (TPSA) is 90.5 Å². The standard InChI is InChI=1S/C26H35ClN4O3S/c1-2-14-29-24-17-22(12-13-23(24)27)35(33,34)30-21-10-8-20(9-11-21)26(32)31-16-15-28-18-25(31)19-6-4-3-5-7-19/h3-7,12-13,17,20-21,25,28-30H,2,8-11,14-16,18H2,1H3/t20-,21-,25-/m1/s1. The molecule has 1 saturated heterocycles. The summed E-state index contributed by atoms with van der Waals surface area (Å²) in [5.74, 6) is 0.117. The lowest BCUT2D eigenvalue weighted by Gasteiger charge is -2.40. The molecule has 1 heterocycles. The first kappa shape index (κ1) is 25.9. The summed E-state index contributed by atoms with van der Waals surface area (Å²) in [6.07, 6.45) is 3.56. The van der Waals surface area contributed by atoms with Crippen LogP contribution in [0, 0.1) is 5.92 Å². The van der Waals surface area contributed by atoms with Crippen LogP contribution in [0.3, 0.4) is 0 Å². The first-order chi connectivity index (χ1) is 16.9. The van der Waals surface area contributed by atoms with E-state index in [0.29, 0.717) is 49.5 Å². The van der Waals surface area contributed by atoms with Crippen molar-refractivity contribution in [2.45, 2.75) is 56.0 Å². The van der Waals surface area contributed by atoms with Crippen LogP contribution in [0.4, 0.5) is 5.69 Å². The maximum Gasteiger partial charge on any atom is 0.240 e. The van der Waals surface area contributed by atoms with E-state index in [4.69, 9.17) is 11.6 Å². The lowest BCUT2D eigenvalue weighted by atomic mass is 9.85. The van der Waals surface area contributed by atoms with E-state index in [0.717, 1.165) is 25.1 Å². The van der Waals surface area contributed by atoms with Gasteiger partial charge in [0, 0.05) is 38.1 Å². The molecule has 1 atom stereocenters. The molecule has 9 heteroatoms. The number of nitrogens with one attached hydrogen (secondary N) is 3. The van der Waals surface area contributed by atoms with Crippen molar-refractivity contribution < 1.29 is 13.2 Å². The average Bonchev–Trinajstić information content (AvgIpc) is 2.88. The summed E-state index contributed by atoms with van der Waals surface area (Å²) >= 11 is 6.22. The van der Waals surface area contributed by atoms with Gasteiger partial charge in [0.25, 0.3) is 0 Å². The molecule has 3 N–H and O–H groups in total. The SMILES string of the molecule is CCCNc1cc(S(=O)(=O)N[C@H]2CC[C@H](C(=O)N3CCNC[C@@H]3c3ccccc3)CC2)ccc1Cl. The van der Waals surface area contributed by atoms with Crippen LogP contribution in [-0.2, 0) is 14.8 Å². The molecule has 0 unspecified atom stereocenters. The van der Waals surface area contributed by atoms with Gasteiger partial charge in [-0.25, -0.2) is 13.1 Å². The fourth-order valence-corrected chi connectivity index (χ4v) is 6.50. The van der Waals surface area contributed by atoms with Crippen LogP contribution in [0.1, 0.15) is 50.6 Å². The number of benzene rings is 2. The third-order valence-corrected chi connectivity index (χ3v) is 8.77. The lowest BCUT2D eigenvalue weighted by Crippen LogP contribution is -2.51. The number of amides is 1. The van der Waals surface area contributed by atoms with Gasteiger partial charge in [-0.2, -0.15) is 0 Å². The molecular formula is C26H35ClN4O3S. The van der Waals surface area contributed by atoms with Crippen LogP contribution < -0.4 is 15.4 Å². The Labute approximate surface area is 213 Å². The van der Waals surface area contributed by atoms with Gasteiger partial charge in [-0.15, -0.1) is 0 Å². The smallest absolute Gasteiger partial charge is 0.240 e. The van der Waals surface area contributed by atoms with Gasteiger partial charge in [0.1, 0.15) is 0 Å². The van der Waals surface area contributed by atoms with E-state index in [1.54, 1.807) is 12.1 Å². The Bertz CT molecular complexity index is 1100. The summed E-state index contributed by atoms with van der Waals surface area (Å²) < 4.78 is 28.9. The second kappa shape index (κ2) is 11.7. The molecule has 0 bridgehead atoms. The van der Waals surface area contributed by atoms with Gasteiger partial charge in [-0.05, 0) is 55.9 Å². The number of nitrogens with zero attached hydrogens (tertiary/aromatic N) is 1. The number of sulfonamides is 1. The Morgan fingerprint density at radius 3 is 2.57 bits per heavy atom. The van der Waals surface area contributed by atoms with Crippen LogP contribution in [0.5, 0.6) is 0 Å². The number of piperazine rings is 1. The highest BCUT2D eigenvalue weighted by atomic mass is 35.5. The number of anilines is 1. The van der Waals surface area contributed by atoms with E-state index >= 15 is 0 Å². The zero-order chi connectivity index (χ0) is 24.8. The van der Waals surface area contributed by atoms with Crippen molar-refractivity contribution in [3.63, 3.8) is 0 Å². The Balaban J connectivity index is 1.36. The Kier molecular flexibility index (Phi) is 8.70. The average molecular weight is 519 g/mol. The molecule has 0 spiro atoms. The van der Waals surface area contributed by atoms with Crippen molar-refractivity contribution in [3.8, 4) is 0 Å². The van der Waals surface area contributed by atoms with Crippen molar-refractivity contribution in [3.05, 3.63) is 59.1 Å². The maximum absolute atomic E-state index is 13.4. The predicted octanol–water partition coefficient (Wildman–Crippen LogP) is 4.17. The highest BCUT2D eigenvalue weighted by Crippen LogP contribution is 2.32. The summed E-state index contributed by atoms with van der Waals surface area (Å²) in [6.45, 7) is 4.98. The third-order valence-electron chi connectivity index (χ3n) is 6.92. The van der Waals surface area contributed by atoms with E-state index in [-0.39, 0.29) is 28.8 Å². The van der Waals surface area contributed by atoms with Crippen molar-refractivity contribution in [1.29, 1.82) is 0 Å². The highest BCUT2D eigenvalue weighted by Gasteiger charge is 2.35. The molecule has 1 saturated carbocycles. The maximum atomic E-state index is 13.4. The monoisotopic (exact) mass is 518 g/mol. The van der Waals surface area contributed by atoms with Crippen LogP contribution in [0.15, 0.2) is 53.4 Å². The van der Waals surface area contributed by atoms with E-state index in [1.165, 1.54) is 6.07 Å². The van der Waals surface area contributed by atoms with E-state index in [1.807, 2.05) is 30.0 Å². The fourth-order valence-electron chi connectivity index (χ4n) is 4.99. The normalized spacial score (nSPS) is 23.1. The highest BCUT2D eigenvalue weighted by molar-refractivity contribution is 7.89. The van der Waals surface area contributed by atoms with Gasteiger partial charge in [-0.3, -0.25) is 4.79 Å². The van der Waals surface area contributed by atoms with Crippen LogP contribution >= 0.6 is 11.6 Å². The number of hydrogen-bond acceptors (Lipinski definition) is 5. The van der Waals surface area contributed by atoms with Crippen molar-refractivity contribution in [2.75, 3.05) is 31.5 Å². The van der Waals surface area contributed by atoms with E-state index in [2.05, 4.69) is 27.5 Å². The van der Waals surface area contributed by atoms with Gasteiger partial charge in [0.15, 0.2) is 0 Å². The quantitative estimate of drug-likeness (QED) is 0.488. The van der Waals surface area contributed by atoms with Crippen molar-refractivity contribution in [1.82, 2.24) is 14.9 Å². The molecular weight excluding hydrogens is 484 g/mol. The minimum atomic E-state index is -3.68. The van der Waals surface area contributed by atoms with Gasteiger partial charge in [0.2, 0.25) is 15.9 Å². The van der Waals surface area contributed by atoms with Gasteiger partial charge in [-0.1, -0.05) is 48.9 Å². The molecule has 2 aliphatic rings. The van der Waals surface area contributed by atoms with E-state index < -0.39 is 10.0 Å². The number of carbonyl (C=O) groups is 1. The second-order valence-electron chi connectivity index (χ2n) is 9.40. The molecule has 0 radical (unpaired) electrons. The molecule has 2 aromatic rings. The Morgan fingerprint density at radius 2 is 1.86 bits per heavy atom. The molecule has 4 rings (SSSR count). The van der Waals surface area contributed by atoms with Crippen molar-refractivity contribution >= 4 is 33.2 Å².